The molecule has 2 amide bonds. The molecule has 1 N–H and O–H groups in total. The van der Waals surface area contributed by atoms with E-state index in [1.807, 2.05) is 48.7 Å². The highest BCUT2D eigenvalue weighted by Crippen LogP contribution is 2.42. The normalized spacial score (nSPS) is 13.6. The first-order valence-electron chi connectivity index (χ1n) is 10.9. The van der Waals surface area contributed by atoms with Crippen LogP contribution < -0.4 is 10.2 Å². The Bertz CT molecular complexity index is 1440. The molecule has 0 radical (unpaired) electrons. The molecule has 4 aromatic rings. The third kappa shape index (κ3) is 4.43. The van der Waals surface area contributed by atoms with Crippen LogP contribution in [0.3, 0.4) is 0 Å². The van der Waals surface area contributed by atoms with E-state index in [1.165, 1.54) is 17.4 Å². The summed E-state index contributed by atoms with van der Waals surface area (Å²) in [6, 6.07) is 11.7. The predicted molar refractivity (Wildman–Crippen MR) is 138 cm³/mol. The van der Waals surface area contributed by atoms with Gasteiger partial charge in [0.05, 0.1) is 16.9 Å². The molecule has 0 fully saturated rings. The van der Waals surface area contributed by atoms with E-state index in [-0.39, 0.29) is 0 Å². The van der Waals surface area contributed by atoms with Gasteiger partial charge in [-0.05, 0) is 60.7 Å². The molecule has 0 saturated carbocycles. The summed E-state index contributed by atoms with van der Waals surface area (Å²) in [6.45, 7) is 4.62. The van der Waals surface area contributed by atoms with Gasteiger partial charge < -0.3 is 9.47 Å². The molecule has 4 heterocycles. The molecule has 1 aliphatic rings. The smallest absolute Gasteiger partial charge is 0.275 e. The van der Waals surface area contributed by atoms with Gasteiger partial charge in [-0.15, -0.1) is 22.7 Å². The summed E-state index contributed by atoms with van der Waals surface area (Å²) in [5.41, 5.74) is 5.32. The lowest BCUT2D eigenvalue weighted by Crippen LogP contribution is -2.36. The maximum absolute atomic E-state index is 12.5. The number of thiophene rings is 2. The van der Waals surface area contributed by atoms with Crippen molar-refractivity contribution in [2.75, 3.05) is 25.7 Å². The number of nitrogens with one attached hydrogen (secondary N) is 1. The third-order valence-corrected chi connectivity index (χ3v) is 7.62. The van der Waals surface area contributed by atoms with Crippen LogP contribution >= 0.6 is 22.7 Å². The van der Waals surface area contributed by atoms with Gasteiger partial charge in [0, 0.05) is 23.6 Å². The van der Waals surface area contributed by atoms with Crippen LogP contribution in [0.4, 0.5) is 5.82 Å². The Hall–Kier alpha value is -3.60. The molecule has 0 atom stereocenters. The average Bonchev–Trinajstić information content (AvgIpc) is 3.56. The van der Waals surface area contributed by atoms with Gasteiger partial charge in [0.25, 0.3) is 11.8 Å². The van der Waals surface area contributed by atoms with E-state index in [2.05, 4.69) is 5.43 Å². The highest BCUT2D eigenvalue weighted by Gasteiger charge is 2.30. The van der Waals surface area contributed by atoms with Gasteiger partial charge in [0.1, 0.15) is 17.2 Å². The van der Waals surface area contributed by atoms with Gasteiger partial charge in [0.15, 0.2) is 11.6 Å². The number of rotatable bonds is 8. The molecule has 5 rings (SSSR count). The van der Waals surface area contributed by atoms with Crippen molar-refractivity contribution >= 4 is 50.5 Å². The van der Waals surface area contributed by atoms with Crippen molar-refractivity contribution in [3.63, 3.8) is 0 Å². The first-order valence-corrected chi connectivity index (χ1v) is 12.6. The number of hydrogen-bond donors (Lipinski definition) is 1. The summed E-state index contributed by atoms with van der Waals surface area (Å²) >= 11 is 3.07. The van der Waals surface area contributed by atoms with E-state index < -0.39 is 11.8 Å². The lowest BCUT2D eigenvalue weighted by molar-refractivity contribution is -0.135. The Balaban J connectivity index is 1.57. The number of nitrogens with zero attached hydrogens (tertiary/aromatic N) is 3. The summed E-state index contributed by atoms with van der Waals surface area (Å²) in [5.74, 6) is 0.905. The van der Waals surface area contributed by atoms with Crippen LogP contribution in [-0.4, -0.2) is 47.1 Å². The topological polar surface area (TPSA) is 93.7 Å². The molecule has 0 unspecified atom stereocenters. The number of methoxy groups -OCH3 is 1. The van der Waals surface area contributed by atoms with Gasteiger partial charge in [-0.25, -0.2) is 9.97 Å². The highest BCUT2D eigenvalue weighted by atomic mass is 32.1. The second-order valence-electron chi connectivity index (χ2n) is 7.89. The molecule has 0 bridgehead atoms. The zero-order valence-corrected chi connectivity index (χ0v) is 21.0. The average molecular weight is 507 g/mol. The minimum atomic E-state index is -0.422. The second-order valence-corrected chi connectivity index (χ2v) is 9.84. The van der Waals surface area contributed by atoms with Crippen molar-refractivity contribution in [3.8, 4) is 26.9 Å². The maximum Gasteiger partial charge on any atom is 0.275 e. The van der Waals surface area contributed by atoms with Gasteiger partial charge in [-0.1, -0.05) is 6.07 Å². The summed E-state index contributed by atoms with van der Waals surface area (Å²) in [6.07, 6.45) is 1.32. The number of hydrogen-bond acceptors (Lipinski definition) is 9. The number of hydrazine groups is 1. The molecular weight excluding hydrogens is 484 g/mol. The Labute approximate surface area is 209 Å². The van der Waals surface area contributed by atoms with Crippen molar-refractivity contribution in [1.82, 2.24) is 15.0 Å². The molecule has 8 nitrogen and oxygen atoms in total. The molecule has 0 spiro atoms. The van der Waals surface area contributed by atoms with E-state index in [9.17, 15) is 9.59 Å². The Morgan fingerprint density at radius 3 is 2.51 bits per heavy atom. The number of ether oxygens (including phenoxy) is 2. The fourth-order valence-corrected chi connectivity index (χ4v) is 5.60. The Morgan fingerprint density at radius 2 is 1.86 bits per heavy atom. The van der Waals surface area contributed by atoms with Crippen molar-refractivity contribution in [2.45, 2.75) is 13.8 Å². The Morgan fingerprint density at radius 1 is 1.06 bits per heavy atom. The summed E-state index contributed by atoms with van der Waals surface area (Å²) in [4.78, 5) is 37.1. The van der Waals surface area contributed by atoms with Gasteiger partial charge in [-0.3, -0.25) is 15.0 Å². The monoisotopic (exact) mass is 506 g/mol. The predicted octanol–water partition coefficient (Wildman–Crippen LogP) is 5.06. The molecular formula is C25H22N4O4S2. The van der Waals surface area contributed by atoms with Crippen molar-refractivity contribution in [1.29, 1.82) is 0 Å². The first kappa shape index (κ1) is 23.2. The third-order valence-electron chi connectivity index (χ3n) is 5.52. The molecule has 0 saturated heterocycles. The van der Waals surface area contributed by atoms with Crippen molar-refractivity contribution < 1.29 is 19.1 Å². The zero-order chi connectivity index (χ0) is 24.5. The summed E-state index contributed by atoms with van der Waals surface area (Å²) in [5, 5.41) is 3.73. The number of carbonyl (C=O) groups is 2. The number of anilines is 1. The Kier molecular flexibility index (Phi) is 6.33. The van der Waals surface area contributed by atoms with Crippen LogP contribution in [-0.2, 0) is 14.3 Å². The molecule has 178 valence electrons. The van der Waals surface area contributed by atoms with Crippen LogP contribution in [0.1, 0.15) is 12.5 Å². The SMILES string of the molecule is COCCOc1ccc(-c2sc3nc(-c4cccs4)nc(NN4C(=O)C=C(C)C4=O)c3c2C)cc1. The molecule has 35 heavy (non-hydrogen) atoms. The molecule has 10 heteroatoms. The largest absolute Gasteiger partial charge is 0.491 e. The quantitative estimate of drug-likeness (QED) is 0.264. The van der Waals surface area contributed by atoms with Gasteiger partial charge >= 0.3 is 0 Å². The van der Waals surface area contributed by atoms with Crippen molar-refractivity contribution in [3.05, 3.63) is 59.0 Å². The van der Waals surface area contributed by atoms with Crippen LogP contribution in [0, 0.1) is 6.92 Å². The molecule has 3 aromatic heterocycles. The van der Waals surface area contributed by atoms with Gasteiger partial charge in [-0.2, -0.15) is 5.01 Å². The number of aromatic nitrogens is 2. The second kappa shape index (κ2) is 9.57. The number of amides is 2. The summed E-state index contributed by atoms with van der Waals surface area (Å²) in [7, 11) is 1.64. The van der Waals surface area contributed by atoms with E-state index in [0.29, 0.717) is 30.4 Å². The number of imide groups is 1. The number of benzene rings is 1. The van der Waals surface area contributed by atoms with E-state index >= 15 is 0 Å². The fourth-order valence-electron chi connectivity index (χ4n) is 3.76. The van der Waals surface area contributed by atoms with E-state index in [1.54, 1.807) is 25.4 Å². The number of aryl methyl sites for hydroxylation is 1. The lowest BCUT2D eigenvalue weighted by atomic mass is 10.1. The minimum Gasteiger partial charge on any atom is -0.491 e. The number of carbonyl (C=O) groups excluding carboxylic acids is 2. The molecule has 1 aromatic carbocycles. The molecule has 1 aliphatic heterocycles. The van der Waals surface area contributed by atoms with Gasteiger partial charge in [0.2, 0.25) is 0 Å². The zero-order valence-electron chi connectivity index (χ0n) is 19.3. The highest BCUT2D eigenvalue weighted by molar-refractivity contribution is 7.22. The van der Waals surface area contributed by atoms with Crippen LogP contribution in [0.2, 0.25) is 0 Å². The maximum atomic E-state index is 12.5. The first-order chi connectivity index (χ1) is 17.0. The summed E-state index contributed by atoms with van der Waals surface area (Å²) < 4.78 is 10.7. The van der Waals surface area contributed by atoms with Crippen molar-refractivity contribution in [2.24, 2.45) is 0 Å². The standard InChI is InChI=1S/C25H22N4O4S2/c1-14-13-19(30)29(25(14)31)28-23-20-15(2)21(16-6-8-17(9-7-16)33-11-10-32-3)35-24(20)27-22(26-23)18-5-4-12-34-18/h4-9,12-13H,10-11H2,1-3H3,(H,26,27,28). The minimum absolute atomic E-state index is 0.377. The van der Waals surface area contributed by atoms with E-state index in [4.69, 9.17) is 19.4 Å². The molecule has 0 aliphatic carbocycles. The lowest BCUT2D eigenvalue weighted by Gasteiger charge is -2.17. The fraction of sp³-hybridized carbons (Fsp3) is 0.200. The van der Waals surface area contributed by atoms with Crippen LogP contribution in [0.5, 0.6) is 5.75 Å². The van der Waals surface area contributed by atoms with E-state index in [0.717, 1.165) is 41.9 Å². The van der Waals surface area contributed by atoms with Crippen LogP contribution in [0.15, 0.2) is 53.4 Å². The van der Waals surface area contributed by atoms with Crippen LogP contribution in [0.25, 0.3) is 31.4 Å². The number of fused-ring (bicyclic) bond motifs is 1.